The van der Waals surface area contributed by atoms with Gasteiger partial charge in [0.15, 0.2) is 0 Å². The molecule has 1 aromatic heterocycles. The molecule has 0 aliphatic heterocycles. The van der Waals surface area contributed by atoms with E-state index >= 15 is 0 Å². The van der Waals surface area contributed by atoms with Crippen LogP contribution in [0.1, 0.15) is 25.2 Å². The molecule has 0 amide bonds. The van der Waals surface area contributed by atoms with Gasteiger partial charge in [0.1, 0.15) is 5.69 Å². The summed E-state index contributed by atoms with van der Waals surface area (Å²) in [5.41, 5.74) is 4.18. The van der Waals surface area contributed by atoms with Crippen molar-refractivity contribution in [1.29, 1.82) is 0 Å². The molecule has 0 radical (unpaired) electrons. The second-order valence-corrected chi connectivity index (χ2v) is 3.37. The highest BCUT2D eigenvalue weighted by atomic mass is 32.1. The van der Waals surface area contributed by atoms with E-state index in [1.54, 1.807) is 0 Å². The van der Waals surface area contributed by atoms with Crippen LogP contribution in [0.25, 0.3) is 6.08 Å². The van der Waals surface area contributed by atoms with Gasteiger partial charge in [0, 0.05) is 0 Å². The van der Waals surface area contributed by atoms with Crippen molar-refractivity contribution in [3.05, 3.63) is 29.1 Å². The van der Waals surface area contributed by atoms with Crippen molar-refractivity contribution in [3.63, 3.8) is 0 Å². The van der Waals surface area contributed by atoms with Crippen LogP contribution in [0.2, 0.25) is 0 Å². The monoisotopic (exact) mass is 180 g/mol. The summed E-state index contributed by atoms with van der Waals surface area (Å²) in [6, 6.07) is 0. The lowest BCUT2D eigenvalue weighted by Crippen LogP contribution is -1.81. The Morgan fingerprint density at radius 3 is 2.50 bits per heavy atom. The molecule has 0 aliphatic rings. The zero-order valence-corrected chi connectivity index (χ0v) is 8.40. The number of allylic oxidation sites excluding steroid dienone is 2. The predicted molar refractivity (Wildman–Crippen MR) is 53.1 cm³/mol. The minimum Gasteiger partial charge on any atom is -0.178 e. The van der Waals surface area contributed by atoms with E-state index in [9.17, 15) is 0 Å². The Hall–Kier alpha value is -0.960. The van der Waals surface area contributed by atoms with Crippen molar-refractivity contribution >= 4 is 17.8 Å². The van der Waals surface area contributed by atoms with Crippen molar-refractivity contribution in [3.8, 4) is 0 Å². The van der Waals surface area contributed by atoms with Crippen molar-refractivity contribution in [1.82, 2.24) is 8.75 Å². The maximum absolute atomic E-state index is 4.15. The van der Waals surface area contributed by atoms with E-state index in [-0.39, 0.29) is 0 Å². The lowest BCUT2D eigenvalue weighted by Gasteiger charge is -1.96. The second-order valence-electron chi connectivity index (χ2n) is 2.84. The largest absolute Gasteiger partial charge is 0.178 e. The first-order chi connectivity index (χ1) is 5.61. The Morgan fingerprint density at radius 1 is 1.42 bits per heavy atom. The van der Waals surface area contributed by atoms with Crippen LogP contribution >= 0.6 is 11.7 Å². The third-order valence-corrected chi connectivity index (χ3v) is 2.35. The molecule has 0 saturated heterocycles. The highest BCUT2D eigenvalue weighted by Gasteiger charge is 1.99. The van der Waals surface area contributed by atoms with Gasteiger partial charge in [-0.3, -0.25) is 0 Å². The van der Waals surface area contributed by atoms with Crippen molar-refractivity contribution < 1.29 is 0 Å². The zero-order chi connectivity index (χ0) is 9.14. The first-order valence-corrected chi connectivity index (χ1v) is 4.47. The fourth-order valence-electron chi connectivity index (χ4n) is 0.698. The van der Waals surface area contributed by atoms with Crippen LogP contribution in [0.15, 0.2) is 17.7 Å². The highest BCUT2D eigenvalue weighted by Crippen LogP contribution is 2.13. The molecule has 0 aliphatic carbocycles. The van der Waals surface area contributed by atoms with E-state index in [4.69, 9.17) is 0 Å². The van der Waals surface area contributed by atoms with E-state index in [1.807, 2.05) is 26.8 Å². The number of nitrogens with zero attached hydrogens (tertiary/aromatic N) is 2. The lowest BCUT2D eigenvalue weighted by molar-refractivity contribution is 1.28. The molecule has 0 fully saturated rings. The predicted octanol–water partition coefficient (Wildman–Crippen LogP) is 2.83. The van der Waals surface area contributed by atoms with Crippen LogP contribution in [0.3, 0.4) is 0 Å². The van der Waals surface area contributed by atoms with Gasteiger partial charge in [-0.1, -0.05) is 12.2 Å². The van der Waals surface area contributed by atoms with Gasteiger partial charge < -0.3 is 0 Å². The summed E-state index contributed by atoms with van der Waals surface area (Å²) in [5.74, 6) is 0. The van der Waals surface area contributed by atoms with E-state index in [2.05, 4.69) is 15.3 Å². The standard InChI is InChI=1S/C9H12N2S/c1-6(2)7(3)5-9-8(4)10-12-11-9/h5H,1H2,2-4H3. The summed E-state index contributed by atoms with van der Waals surface area (Å²) >= 11 is 1.25. The molecule has 0 unspecified atom stereocenters. The van der Waals surface area contributed by atoms with Crippen LogP contribution in [0.5, 0.6) is 0 Å². The SMILES string of the molecule is C=C(C)C(C)=Cc1nsnc1C. The molecule has 0 atom stereocenters. The Bertz CT molecular complexity index is 323. The Labute approximate surface area is 77.0 Å². The molecule has 0 spiro atoms. The fraction of sp³-hybridized carbons (Fsp3) is 0.333. The topological polar surface area (TPSA) is 25.8 Å². The number of hydrogen-bond acceptors (Lipinski definition) is 3. The molecule has 0 bridgehead atoms. The highest BCUT2D eigenvalue weighted by molar-refractivity contribution is 6.99. The Balaban J connectivity index is 2.95. The molecule has 0 saturated carbocycles. The Morgan fingerprint density at radius 2 is 2.08 bits per heavy atom. The van der Waals surface area contributed by atoms with E-state index in [1.165, 1.54) is 11.7 Å². The molecule has 1 aromatic rings. The summed E-state index contributed by atoms with van der Waals surface area (Å²) in [7, 11) is 0. The third kappa shape index (κ3) is 2.01. The first-order valence-electron chi connectivity index (χ1n) is 3.74. The van der Waals surface area contributed by atoms with Gasteiger partial charge in [-0.15, -0.1) is 0 Å². The summed E-state index contributed by atoms with van der Waals surface area (Å²) in [6.07, 6.45) is 2.02. The van der Waals surface area contributed by atoms with Crippen molar-refractivity contribution in [2.75, 3.05) is 0 Å². The van der Waals surface area contributed by atoms with Gasteiger partial charge in [0.2, 0.25) is 0 Å². The van der Waals surface area contributed by atoms with Gasteiger partial charge in [-0.2, -0.15) is 8.75 Å². The number of hydrogen-bond donors (Lipinski definition) is 0. The quantitative estimate of drug-likeness (QED) is 0.654. The molecule has 1 rings (SSSR count). The molecular weight excluding hydrogens is 168 g/mol. The molecule has 1 heterocycles. The van der Waals surface area contributed by atoms with Crippen LogP contribution in [0, 0.1) is 6.92 Å². The normalized spacial score (nSPS) is 11.8. The minimum atomic E-state index is 0.959. The van der Waals surface area contributed by atoms with Gasteiger partial charge >= 0.3 is 0 Å². The third-order valence-electron chi connectivity index (χ3n) is 1.71. The molecule has 3 heteroatoms. The van der Waals surface area contributed by atoms with Crippen LogP contribution < -0.4 is 0 Å². The number of aromatic nitrogens is 2. The van der Waals surface area contributed by atoms with Gasteiger partial charge in [0.05, 0.1) is 17.4 Å². The average Bonchev–Trinajstić information content (AvgIpc) is 2.36. The molecule has 12 heavy (non-hydrogen) atoms. The maximum Gasteiger partial charge on any atom is 0.100 e. The van der Waals surface area contributed by atoms with Crippen LogP contribution in [-0.4, -0.2) is 8.75 Å². The lowest BCUT2D eigenvalue weighted by atomic mass is 10.1. The minimum absolute atomic E-state index is 0.959. The molecule has 0 N–H and O–H groups in total. The maximum atomic E-state index is 4.15. The van der Waals surface area contributed by atoms with Gasteiger partial charge in [-0.25, -0.2) is 0 Å². The summed E-state index contributed by atoms with van der Waals surface area (Å²) in [6.45, 7) is 9.83. The molecular formula is C9H12N2S. The Kier molecular flexibility index (Phi) is 2.76. The average molecular weight is 180 g/mol. The fourth-order valence-corrected chi connectivity index (χ4v) is 1.23. The van der Waals surface area contributed by atoms with E-state index < -0.39 is 0 Å². The molecule has 64 valence electrons. The molecule has 2 nitrogen and oxygen atoms in total. The van der Waals surface area contributed by atoms with Crippen molar-refractivity contribution in [2.24, 2.45) is 0 Å². The van der Waals surface area contributed by atoms with Gasteiger partial charge in [-0.05, 0) is 32.4 Å². The van der Waals surface area contributed by atoms with Crippen LogP contribution in [-0.2, 0) is 0 Å². The molecule has 0 aromatic carbocycles. The summed E-state index contributed by atoms with van der Waals surface area (Å²) < 4.78 is 8.24. The number of aryl methyl sites for hydroxylation is 1. The van der Waals surface area contributed by atoms with Crippen LogP contribution in [0.4, 0.5) is 0 Å². The van der Waals surface area contributed by atoms with Crippen molar-refractivity contribution in [2.45, 2.75) is 20.8 Å². The second kappa shape index (κ2) is 3.63. The first kappa shape index (κ1) is 9.13. The number of rotatable bonds is 2. The smallest absolute Gasteiger partial charge is 0.100 e. The van der Waals surface area contributed by atoms with Gasteiger partial charge in [0.25, 0.3) is 0 Å². The zero-order valence-electron chi connectivity index (χ0n) is 7.59. The summed E-state index contributed by atoms with van der Waals surface area (Å²) in [4.78, 5) is 0. The van der Waals surface area contributed by atoms with E-state index in [0.29, 0.717) is 0 Å². The summed E-state index contributed by atoms with van der Waals surface area (Å²) in [5, 5.41) is 0. The van der Waals surface area contributed by atoms with E-state index in [0.717, 1.165) is 22.5 Å².